The highest BCUT2D eigenvalue weighted by molar-refractivity contribution is 7.09. The van der Waals surface area contributed by atoms with Crippen LogP contribution in [0.4, 0.5) is 0 Å². The van der Waals surface area contributed by atoms with Gasteiger partial charge in [0, 0.05) is 17.5 Å². The molecule has 2 aromatic carbocycles. The predicted molar refractivity (Wildman–Crippen MR) is 108 cm³/mol. The second-order valence-electron chi connectivity index (χ2n) is 6.27. The number of nitrogens with zero attached hydrogens (tertiary/aromatic N) is 3. The van der Waals surface area contributed by atoms with Crippen LogP contribution in [0.5, 0.6) is 5.75 Å². The van der Waals surface area contributed by atoms with Gasteiger partial charge in [-0.15, -0.1) is 11.3 Å². The minimum atomic E-state index is -0.0263. The number of fused-ring (bicyclic) bond motifs is 1. The molecule has 0 saturated heterocycles. The van der Waals surface area contributed by atoms with Crippen molar-refractivity contribution in [3.63, 3.8) is 0 Å². The van der Waals surface area contributed by atoms with Gasteiger partial charge in [-0.3, -0.25) is 14.3 Å². The lowest BCUT2D eigenvalue weighted by molar-refractivity contribution is 0.294. The first-order chi connectivity index (χ1) is 13.2. The lowest BCUT2D eigenvalue weighted by atomic mass is 10.1. The Morgan fingerprint density at radius 1 is 1.11 bits per heavy atom. The fourth-order valence-corrected chi connectivity index (χ4v) is 3.66. The summed E-state index contributed by atoms with van der Waals surface area (Å²) in [4.78, 5) is 22.5. The van der Waals surface area contributed by atoms with Gasteiger partial charge < -0.3 is 4.74 Å². The molecule has 0 radical (unpaired) electrons. The summed E-state index contributed by atoms with van der Waals surface area (Å²) in [5.41, 5.74) is 3.77. The Labute approximate surface area is 160 Å². The molecule has 0 aliphatic heterocycles. The lowest BCUT2D eigenvalue weighted by Crippen LogP contribution is -2.26. The summed E-state index contributed by atoms with van der Waals surface area (Å²) in [7, 11) is 0. The first-order valence-corrected chi connectivity index (χ1v) is 9.64. The Morgan fingerprint density at radius 3 is 2.70 bits per heavy atom. The number of aromatic nitrogens is 3. The first kappa shape index (κ1) is 17.4. The molecule has 2 heterocycles. The number of para-hydroxylation sites is 1. The maximum Gasteiger partial charge on any atom is 0.261 e. The molecule has 0 aliphatic carbocycles. The standard InChI is InChI=1S/C21H19N3O2S/c1-15-23-20-5-3-2-4-19(20)21(25)24(15)10-11-26-17-8-6-16(7-9-17)12-18-13-22-14-27-18/h2-9,13-14H,10-12H2,1H3. The summed E-state index contributed by atoms with van der Waals surface area (Å²) in [5.74, 6) is 1.49. The molecule has 5 nitrogen and oxygen atoms in total. The first-order valence-electron chi connectivity index (χ1n) is 8.76. The molecule has 0 N–H and O–H groups in total. The van der Waals surface area contributed by atoms with Gasteiger partial charge in [0.25, 0.3) is 5.56 Å². The molecule has 4 aromatic rings. The van der Waals surface area contributed by atoms with Crippen molar-refractivity contribution in [1.82, 2.24) is 14.5 Å². The molecule has 136 valence electrons. The van der Waals surface area contributed by atoms with E-state index in [9.17, 15) is 4.79 Å². The van der Waals surface area contributed by atoms with E-state index in [1.807, 2.05) is 55.0 Å². The normalized spacial score (nSPS) is 11.0. The van der Waals surface area contributed by atoms with Gasteiger partial charge in [0.15, 0.2) is 0 Å². The van der Waals surface area contributed by atoms with E-state index >= 15 is 0 Å². The zero-order chi connectivity index (χ0) is 18.6. The van der Waals surface area contributed by atoms with E-state index < -0.39 is 0 Å². The minimum Gasteiger partial charge on any atom is -0.492 e. The van der Waals surface area contributed by atoms with Crippen molar-refractivity contribution in [2.24, 2.45) is 0 Å². The molecule has 0 atom stereocenters. The molecule has 0 amide bonds. The maximum atomic E-state index is 12.7. The van der Waals surface area contributed by atoms with Gasteiger partial charge >= 0.3 is 0 Å². The van der Waals surface area contributed by atoms with Crippen LogP contribution in [-0.4, -0.2) is 21.1 Å². The topological polar surface area (TPSA) is 57.0 Å². The highest BCUT2D eigenvalue weighted by atomic mass is 32.1. The van der Waals surface area contributed by atoms with Crippen LogP contribution in [0, 0.1) is 6.92 Å². The second kappa shape index (κ2) is 7.72. The third kappa shape index (κ3) is 3.90. The van der Waals surface area contributed by atoms with Gasteiger partial charge in [-0.05, 0) is 36.8 Å². The van der Waals surface area contributed by atoms with Gasteiger partial charge in [0.1, 0.15) is 18.2 Å². The highest BCUT2D eigenvalue weighted by Gasteiger charge is 2.07. The molecule has 2 aromatic heterocycles. The van der Waals surface area contributed by atoms with Gasteiger partial charge in [0.2, 0.25) is 0 Å². The molecule has 6 heteroatoms. The number of hydrogen-bond donors (Lipinski definition) is 0. The van der Waals surface area contributed by atoms with Crippen LogP contribution in [0.2, 0.25) is 0 Å². The van der Waals surface area contributed by atoms with E-state index in [4.69, 9.17) is 4.74 Å². The summed E-state index contributed by atoms with van der Waals surface area (Å²) in [6.45, 7) is 2.72. The average molecular weight is 377 g/mol. The molecule has 0 saturated carbocycles. The molecule has 0 aliphatic rings. The fourth-order valence-electron chi connectivity index (χ4n) is 3.03. The van der Waals surface area contributed by atoms with E-state index in [1.54, 1.807) is 15.9 Å². The van der Waals surface area contributed by atoms with Gasteiger partial charge in [-0.1, -0.05) is 24.3 Å². The Balaban J connectivity index is 1.41. The molecule has 27 heavy (non-hydrogen) atoms. The van der Waals surface area contributed by atoms with Crippen molar-refractivity contribution in [1.29, 1.82) is 0 Å². The van der Waals surface area contributed by atoms with E-state index in [0.717, 1.165) is 17.7 Å². The smallest absolute Gasteiger partial charge is 0.261 e. The van der Waals surface area contributed by atoms with Crippen LogP contribution in [0.15, 0.2) is 65.0 Å². The summed E-state index contributed by atoms with van der Waals surface area (Å²) >= 11 is 1.66. The van der Waals surface area contributed by atoms with Crippen molar-refractivity contribution in [3.8, 4) is 5.75 Å². The number of rotatable bonds is 6. The van der Waals surface area contributed by atoms with E-state index in [0.29, 0.717) is 24.4 Å². The Kier molecular flexibility index (Phi) is 4.98. The van der Waals surface area contributed by atoms with Crippen molar-refractivity contribution in [2.75, 3.05) is 6.61 Å². The van der Waals surface area contributed by atoms with Crippen LogP contribution in [0.1, 0.15) is 16.3 Å². The van der Waals surface area contributed by atoms with E-state index in [-0.39, 0.29) is 5.56 Å². The predicted octanol–water partition coefficient (Wildman–Crippen LogP) is 3.83. The Bertz CT molecular complexity index is 1100. The van der Waals surface area contributed by atoms with Crippen LogP contribution >= 0.6 is 11.3 Å². The summed E-state index contributed by atoms with van der Waals surface area (Å²) in [6.07, 6.45) is 2.77. The number of thiazole rings is 1. The Morgan fingerprint density at radius 2 is 1.93 bits per heavy atom. The number of benzene rings is 2. The monoisotopic (exact) mass is 377 g/mol. The number of aryl methyl sites for hydroxylation is 1. The van der Waals surface area contributed by atoms with Crippen molar-refractivity contribution in [3.05, 3.63) is 86.9 Å². The SMILES string of the molecule is Cc1nc2ccccc2c(=O)n1CCOc1ccc(Cc2cncs2)cc1. The second-order valence-corrected chi connectivity index (χ2v) is 7.24. The summed E-state index contributed by atoms with van der Waals surface area (Å²) in [5, 5.41) is 0.635. The molecular weight excluding hydrogens is 358 g/mol. The van der Waals surface area contributed by atoms with Gasteiger partial charge in [-0.2, -0.15) is 0 Å². The van der Waals surface area contributed by atoms with Crippen LogP contribution in [0.3, 0.4) is 0 Å². The van der Waals surface area contributed by atoms with Crippen LogP contribution in [-0.2, 0) is 13.0 Å². The highest BCUT2D eigenvalue weighted by Crippen LogP contribution is 2.17. The molecular formula is C21H19N3O2S. The van der Waals surface area contributed by atoms with Crippen molar-refractivity contribution in [2.45, 2.75) is 19.9 Å². The number of ether oxygens (including phenoxy) is 1. The average Bonchev–Trinajstić information content (AvgIpc) is 3.19. The van der Waals surface area contributed by atoms with E-state index in [1.165, 1.54) is 10.4 Å². The van der Waals surface area contributed by atoms with Crippen molar-refractivity contribution < 1.29 is 4.74 Å². The van der Waals surface area contributed by atoms with Crippen molar-refractivity contribution >= 4 is 22.2 Å². The lowest BCUT2D eigenvalue weighted by Gasteiger charge is -2.12. The number of hydrogen-bond acceptors (Lipinski definition) is 5. The molecule has 0 bridgehead atoms. The van der Waals surface area contributed by atoms with Gasteiger partial charge in [-0.25, -0.2) is 4.98 Å². The largest absolute Gasteiger partial charge is 0.492 e. The van der Waals surface area contributed by atoms with Gasteiger partial charge in [0.05, 0.1) is 23.0 Å². The third-order valence-electron chi connectivity index (χ3n) is 4.42. The van der Waals surface area contributed by atoms with Crippen LogP contribution < -0.4 is 10.3 Å². The van der Waals surface area contributed by atoms with E-state index in [2.05, 4.69) is 22.1 Å². The fraction of sp³-hybridized carbons (Fsp3) is 0.190. The zero-order valence-corrected chi connectivity index (χ0v) is 15.8. The summed E-state index contributed by atoms with van der Waals surface area (Å²) in [6, 6.07) is 15.5. The molecule has 0 spiro atoms. The van der Waals surface area contributed by atoms with Crippen LogP contribution in [0.25, 0.3) is 10.9 Å². The minimum absolute atomic E-state index is 0.0263. The molecule has 0 unspecified atom stereocenters. The molecule has 0 fully saturated rings. The summed E-state index contributed by atoms with van der Waals surface area (Å²) < 4.78 is 7.49. The third-order valence-corrected chi connectivity index (χ3v) is 5.20. The Hall–Kier alpha value is -2.99. The maximum absolute atomic E-state index is 12.7. The quantitative estimate of drug-likeness (QED) is 0.512. The zero-order valence-electron chi connectivity index (χ0n) is 15.0. The molecule has 4 rings (SSSR count).